The lowest BCUT2D eigenvalue weighted by Crippen LogP contribution is -2.33. The van der Waals surface area contributed by atoms with Crippen molar-refractivity contribution in [1.82, 2.24) is 4.90 Å². The third-order valence-corrected chi connectivity index (χ3v) is 3.30. The highest BCUT2D eigenvalue weighted by Crippen LogP contribution is 2.28. The Labute approximate surface area is 89.2 Å². The van der Waals surface area contributed by atoms with Crippen molar-refractivity contribution >= 4 is 17.4 Å². The Morgan fingerprint density at radius 3 is 2.50 bits per heavy atom. The van der Waals surface area contributed by atoms with E-state index in [0.29, 0.717) is 5.50 Å². The van der Waals surface area contributed by atoms with E-state index in [4.69, 9.17) is 0 Å². The highest BCUT2D eigenvalue weighted by molar-refractivity contribution is 7.99. The SMILES string of the molecule is CSC1N(C)C=CN1c1ccccc1. The molecule has 0 aliphatic carbocycles. The Kier molecular flexibility index (Phi) is 2.68. The lowest BCUT2D eigenvalue weighted by molar-refractivity contribution is 0.461. The summed E-state index contributed by atoms with van der Waals surface area (Å²) in [7, 11) is 2.10. The van der Waals surface area contributed by atoms with E-state index in [1.165, 1.54) is 5.69 Å². The summed E-state index contributed by atoms with van der Waals surface area (Å²) < 4.78 is 0. The molecule has 1 aliphatic rings. The van der Waals surface area contributed by atoms with Crippen LogP contribution in [-0.2, 0) is 0 Å². The van der Waals surface area contributed by atoms with E-state index in [1.54, 1.807) is 0 Å². The van der Waals surface area contributed by atoms with Gasteiger partial charge in [0.05, 0.1) is 0 Å². The van der Waals surface area contributed by atoms with Crippen LogP contribution in [0.3, 0.4) is 0 Å². The van der Waals surface area contributed by atoms with Gasteiger partial charge in [0.25, 0.3) is 0 Å². The number of anilines is 1. The number of hydrogen-bond donors (Lipinski definition) is 0. The van der Waals surface area contributed by atoms with E-state index in [0.717, 1.165) is 0 Å². The third-order valence-electron chi connectivity index (χ3n) is 2.31. The second-order valence-corrected chi connectivity index (χ2v) is 4.16. The highest BCUT2D eigenvalue weighted by atomic mass is 32.2. The average Bonchev–Trinajstić information content (AvgIpc) is 2.61. The Morgan fingerprint density at radius 1 is 1.14 bits per heavy atom. The zero-order chi connectivity index (χ0) is 9.97. The quantitative estimate of drug-likeness (QED) is 0.734. The molecule has 0 aromatic heterocycles. The monoisotopic (exact) mass is 206 g/mol. The van der Waals surface area contributed by atoms with Gasteiger partial charge in [0.15, 0.2) is 5.50 Å². The molecule has 0 saturated carbocycles. The lowest BCUT2D eigenvalue weighted by Gasteiger charge is -2.28. The molecule has 2 nitrogen and oxygen atoms in total. The van der Waals surface area contributed by atoms with Crippen molar-refractivity contribution < 1.29 is 0 Å². The first-order valence-electron chi connectivity index (χ1n) is 4.59. The largest absolute Gasteiger partial charge is 0.350 e. The van der Waals surface area contributed by atoms with Gasteiger partial charge >= 0.3 is 0 Å². The Bertz CT molecular complexity index is 323. The van der Waals surface area contributed by atoms with Crippen LogP contribution in [0.2, 0.25) is 0 Å². The van der Waals surface area contributed by atoms with Gasteiger partial charge in [-0.25, -0.2) is 0 Å². The number of rotatable bonds is 2. The first-order chi connectivity index (χ1) is 6.83. The van der Waals surface area contributed by atoms with E-state index >= 15 is 0 Å². The van der Waals surface area contributed by atoms with Gasteiger partial charge < -0.3 is 9.80 Å². The standard InChI is InChI=1S/C11H14N2S/c1-12-8-9-13(11(12)14-2)10-6-4-3-5-7-10/h3-9,11H,1-2H3. The summed E-state index contributed by atoms with van der Waals surface area (Å²) in [5, 5.41) is 0. The lowest BCUT2D eigenvalue weighted by atomic mass is 10.3. The van der Waals surface area contributed by atoms with E-state index in [-0.39, 0.29) is 0 Å². The van der Waals surface area contributed by atoms with Crippen LogP contribution < -0.4 is 4.90 Å². The summed E-state index contributed by atoms with van der Waals surface area (Å²) in [6.45, 7) is 0. The number of nitrogens with zero attached hydrogens (tertiary/aromatic N) is 2. The number of benzene rings is 1. The maximum atomic E-state index is 2.27. The van der Waals surface area contributed by atoms with Gasteiger partial charge in [-0.05, 0) is 18.4 Å². The molecular formula is C11H14N2S. The summed E-state index contributed by atoms with van der Waals surface area (Å²) in [4.78, 5) is 4.47. The van der Waals surface area contributed by atoms with E-state index in [2.05, 4.69) is 59.8 Å². The molecule has 14 heavy (non-hydrogen) atoms. The molecule has 1 unspecified atom stereocenters. The summed E-state index contributed by atoms with van der Waals surface area (Å²) >= 11 is 1.83. The molecule has 2 rings (SSSR count). The number of thioether (sulfide) groups is 1. The van der Waals surface area contributed by atoms with Crippen LogP contribution in [0.15, 0.2) is 42.7 Å². The summed E-state index contributed by atoms with van der Waals surface area (Å²) in [5.41, 5.74) is 1.63. The summed E-state index contributed by atoms with van der Waals surface area (Å²) in [6, 6.07) is 10.4. The van der Waals surface area contributed by atoms with Crippen molar-refractivity contribution in [3.05, 3.63) is 42.7 Å². The molecule has 0 radical (unpaired) electrons. The molecule has 1 heterocycles. The van der Waals surface area contributed by atoms with E-state index in [9.17, 15) is 0 Å². The van der Waals surface area contributed by atoms with Crippen molar-refractivity contribution in [3.63, 3.8) is 0 Å². The predicted molar refractivity (Wildman–Crippen MR) is 63.1 cm³/mol. The molecule has 1 aromatic rings. The molecule has 1 atom stereocenters. The highest BCUT2D eigenvalue weighted by Gasteiger charge is 2.23. The van der Waals surface area contributed by atoms with Crippen LogP contribution in [0, 0.1) is 0 Å². The molecule has 0 spiro atoms. The van der Waals surface area contributed by atoms with Gasteiger partial charge in [-0.1, -0.05) is 18.2 Å². The van der Waals surface area contributed by atoms with Gasteiger partial charge in [-0.3, -0.25) is 0 Å². The fourth-order valence-electron chi connectivity index (χ4n) is 1.61. The molecule has 0 amide bonds. The Morgan fingerprint density at radius 2 is 1.86 bits per heavy atom. The second-order valence-electron chi connectivity index (χ2n) is 3.27. The predicted octanol–water partition coefficient (Wildman–Crippen LogP) is 2.56. The summed E-state index contributed by atoms with van der Waals surface area (Å²) in [5.74, 6) is 0. The fraction of sp³-hybridized carbons (Fsp3) is 0.273. The van der Waals surface area contributed by atoms with Crippen LogP contribution in [0.25, 0.3) is 0 Å². The molecule has 1 aromatic carbocycles. The van der Waals surface area contributed by atoms with Gasteiger partial charge in [0.2, 0.25) is 0 Å². The normalized spacial score (nSPS) is 20.6. The molecule has 74 valence electrons. The number of hydrogen-bond acceptors (Lipinski definition) is 3. The average molecular weight is 206 g/mol. The third kappa shape index (κ3) is 1.60. The maximum Gasteiger partial charge on any atom is 0.153 e. The minimum atomic E-state index is 0.386. The fourth-order valence-corrected chi connectivity index (χ4v) is 2.44. The smallest absolute Gasteiger partial charge is 0.153 e. The molecule has 1 aliphatic heterocycles. The van der Waals surface area contributed by atoms with Crippen LogP contribution in [0.1, 0.15) is 0 Å². The van der Waals surface area contributed by atoms with Crippen LogP contribution in [-0.4, -0.2) is 23.7 Å². The van der Waals surface area contributed by atoms with Gasteiger partial charge in [-0.15, -0.1) is 11.8 Å². The van der Waals surface area contributed by atoms with Gasteiger partial charge in [0, 0.05) is 25.1 Å². The van der Waals surface area contributed by atoms with Crippen molar-refractivity contribution in [2.24, 2.45) is 0 Å². The summed E-state index contributed by atoms with van der Waals surface area (Å²) in [6.07, 6.45) is 6.36. The molecule has 0 saturated heterocycles. The molecule has 0 N–H and O–H groups in total. The molecule has 3 heteroatoms. The van der Waals surface area contributed by atoms with E-state index < -0.39 is 0 Å². The van der Waals surface area contributed by atoms with Crippen LogP contribution in [0.4, 0.5) is 5.69 Å². The first kappa shape index (κ1) is 9.46. The van der Waals surface area contributed by atoms with Crippen molar-refractivity contribution in [1.29, 1.82) is 0 Å². The first-order valence-corrected chi connectivity index (χ1v) is 5.88. The van der Waals surface area contributed by atoms with Gasteiger partial charge in [0.1, 0.15) is 0 Å². The maximum absolute atomic E-state index is 2.27. The van der Waals surface area contributed by atoms with E-state index in [1.807, 2.05) is 17.8 Å². The van der Waals surface area contributed by atoms with Crippen LogP contribution >= 0.6 is 11.8 Å². The number of para-hydroxylation sites is 1. The van der Waals surface area contributed by atoms with Gasteiger partial charge in [-0.2, -0.15) is 0 Å². The second kappa shape index (κ2) is 3.96. The molecule has 0 fully saturated rings. The van der Waals surface area contributed by atoms with Crippen molar-refractivity contribution in [3.8, 4) is 0 Å². The minimum Gasteiger partial charge on any atom is -0.350 e. The Balaban J connectivity index is 2.24. The van der Waals surface area contributed by atoms with Crippen molar-refractivity contribution in [2.45, 2.75) is 5.50 Å². The molecule has 0 bridgehead atoms. The zero-order valence-corrected chi connectivity index (χ0v) is 9.24. The topological polar surface area (TPSA) is 6.48 Å². The van der Waals surface area contributed by atoms with Crippen molar-refractivity contribution in [2.75, 3.05) is 18.2 Å². The molecular weight excluding hydrogens is 192 g/mol. The van der Waals surface area contributed by atoms with Crippen LogP contribution in [0.5, 0.6) is 0 Å². The Hall–Kier alpha value is -1.09. The zero-order valence-electron chi connectivity index (χ0n) is 8.42. The minimum absolute atomic E-state index is 0.386.